The molecule has 2 atom stereocenters. The van der Waals surface area contributed by atoms with Crippen molar-refractivity contribution in [2.75, 3.05) is 19.7 Å². The molecular formula is C16H34N2O. The molecule has 0 heterocycles. The van der Waals surface area contributed by atoms with Crippen LogP contribution < -0.4 is 11.1 Å². The van der Waals surface area contributed by atoms with E-state index in [4.69, 9.17) is 10.8 Å². The van der Waals surface area contributed by atoms with Crippen molar-refractivity contribution in [2.24, 2.45) is 17.1 Å². The van der Waals surface area contributed by atoms with E-state index in [1.54, 1.807) is 0 Å². The molecule has 114 valence electrons. The van der Waals surface area contributed by atoms with Crippen LogP contribution in [-0.2, 0) is 0 Å². The summed E-state index contributed by atoms with van der Waals surface area (Å²) in [5.41, 5.74) is 6.63. The molecule has 4 N–H and O–H groups in total. The predicted octanol–water partition coefficient (Wildman–Crippen LogP) is 2.67. The van der Waals surface area contributed by atoms with Crippen LogP contribution in [-0.4, -0.2) is 30.3 Å². The van der Waals surface area contributed by atoms with Gasteiger partial charge in [0.1, 0.15) is 0 Å². The molecule has 0 spiro atoms. The molecule has 1 fully saturated rings. The van der Waals surface area contributed by atoms with Gasteiger partial charge < -0.3 is 16.2 Å². The van der Waals surface area contributed by atoms with E-state index in [2.05, 4.69) is 26.1 Å². The molecule has 0 radical (unpaired) electrons. The summed E-state index contributed by atoms with van der Waals surface area (Å²) in [4.78, 5) is 0. The summed E-state index contributed by atoms with van der Waals surface area (Å²) < 4.78 is 0. The first-order chi connectivity index (χ1) is 8.93. The molecule has 3 nitrogen and oxygen atoms in total. The van der Waals surface area contributed by atoms with E-state index in [0.29, 0.717) is 12.0 Å². The average molecular weight is 270 g/mol. The van der Waals surface area contributed by atoms with Crippen LogP contribution in [0.5, 0.6) is 0 Å². The minimum Gasteiger partial charge on any atom is -0.396 e. The number of aliphatic hydroxyl groups excluding tert-OH is 1. The molecule has 0 amide bonds. The van der Waals surface area contributed by atoms with Gasteiger partial charge in [-0.05, 0) is 56.4 Å². The molecule has 0 bridgehead atoms. The molecule has 0 aromatic heterocycles. The second-order valence-corrected chi connectivity index (χ2v) is 7.34. The molecule has 3 heteroatoms. The van der Waals surface area contributed by atoms with Crippen LogP contribution in [0.25, 0.3) is 0 Å². The molecule has 0 saturated heterocycles. The number of hydrogen-bond acceptors (Lipinski definition) is 3. The first-order valence-corrected chi connectivity index (χ1v) is 7.99. The molecule has 1 aliphatic rings. The van der Waals surface area contributed by atoms with Crippen LogP contribution in [0.1, 0.15) is 65.7 Å². The lowest BCUT2D eigenvalue weighted by molar-refractivity contribution is 0.206. The highest BCUT2D eigenvalue weighted by Crippen LogP contribution is 2.39. The standard InChI is InChI=1S/C16H34N2O/c1-15(2,3)14-7-6-9-16(13-17,10-8-14)18-11-4-5-12-19/h14,18-19H,4-13,17H2,1-3H3. The Hall–Kier alpha value is -0.120. The number of rotatable bonds is 6. The smallest absolute Gasteiger partial charge is 0.0431 e. The van der Waals surface area contributed by atoms with Gasteiger partial charge in [-0.3, -0.25) is 0 Å². The summed E-state index contributed by atoms with van der Waals surface area (Å²) in [6.45, 7) is 9.11. The molecule has 0 aromatic carbocycles. The number of hydrogen-bond donors (Lipinski definition) is 3. The highest BCUT2D eigenvalue weighted by molar-refractivity contribution is 4.93. The lowest BCUT2D eigenvalue weighted by Crippen LogP contribution is -2.51. The van der Waals surface area contributed by atoms with E-state index in [-0.39, 0.29) is 5.54 Å². The van der Waals surface area contributed by atoms with E-state index in [1.807, 2.05) is 0 Å². The van der Waals surface area contributed by atoms with Gasteiger partial charge in [0.05, 0.1) is 0 Å². The van der Waals surface area contributed by atoms with Crippen LogP contribution in [0, 0.1) is 11.3 Å². The SMILES string of the molecule is CC(C)(C)C1CCCC(CN)(NCCCCO)CC1. The largest absolute Gasteiger partial charge is 0.396 e. The van der Waals surface area contributed by atoms with E-state index in [1.165, 1.54) is 32.1 Å². The van der Waals surface area contributed by atoms with Gasteiger partial charge in [-0.15, -0.1) is 0 Å². The predicted molar refractivity (Wildman–Crippen MR) is 82.1 cm³/mol. The minimum absolute atomic E-state index is 0.148. The van der Waals surface area contributed by atoms with Crippen LogP contribution in [0.4, 0.5) is 0 Å². The fraction of sp³-hybridized carbons (Fsp3) is 1.00. The van der Waals surface area contributed by atoms with Crippen LogP contribution in [0.3, 0.4) is 0 Å². The number of unbranched alkanes of at least 4 members (excludes halogenated alkanes) is 1. The second-order valence-electron chi connectivity index (χ2n) is 7.34. The van der Waals surface area contributed by atoms with Crippen molar-refractivity contribution in [1.29, 1.82) is 0 Å². The topological polar surface area (TPSA) is 58.3 Å². The van der Waals surface area contributed by atoms with Crippen molar-refractivity contribution >= 4 is 0 Å². The maximum atomic E-state index is 8.84. The fourth-order valence-corrected chi connectivity index (χ4v) is 3.32. The van der Waals surface area contributed by atoms with Gasteiger partial charge in [0.15, 0.2) is 0 Å². The summed E-state index contributed by atoms with van der Waals surface area (Å²) in [6.07, 6.45) is 8.24. The Morgan fingerprint density at radius 3 is 2.53 bits per heavy atom. The van der Waals surface area contributed by atoms with Crippen LogP contribution in [0.15, 0.2) is 0 Å². The lowest BCUT2D eigenvalue weighted by Gasteiger charge is -2.34. The highest BCUT2D eigenvalue weighted by Gasteiger charge is 2.34. The van der Waals surface area contributed by atoms with Crippen LogP contribution >= 0.6 is 0 Å². The zero-order chi connectivity index (χ0) is 14.4. The van der Waals surface area contributed by atoms with Crippen LogP contribution in [0.2, 0.25) is 0 Å². The van der Waals surface area contributed by atoms with E-state index in [0.717, 1.165) is 31.8 Å². The van der Waals surface area contributed by atoms with Gasteiger partial charge in [-0.2, -0.15) is 0 Å². The molecular weight excluding hydrogens is 236 g/mol. The van der Waals surface area contributed by atoms with Crippen molar-refractivity contribution in [3.8, 4) is 0 Å². The van der Waals surface area contributed by atoms with Crippen molar-refractivity contribution in [1.82, 2.24) is 5.32 Å². The quantitative estimate of drug-likeness (QED) is 0.514. The van der Waals surface area contributed by atoms with E-state index >= 15 is 0 Å². The van der Waals surface area contributed by atoms with Gasteiger partial charge in [-0.25, -0.2) is 0 Å². The molecule has 19 heavy (non-hydrogen) atoms. The van der Waals surface area contributed by atoms with Crippen molar-refractivity contribution < 1.29 is 5.11 Å². The van der Waals surface area contributed by atoms with E-state index < -0.39 is 0 Å². The van der Waals surface area contributed by atoms with Gasteiger partial charge in [0.2, 0.25) is 0 Å². The minimum atomic E-state index is 0.148. The number of aliphatic hydroxyl groups is 1. The Kier molecular flexibility index (Phi) is 6.78. The third kappa shape index (κ3) is 5.41. The molecule has 1 rings (SSSR count). The van der Waals surface area contributed by atoms with Gasteiger partial charge in [-0.1, -0.05) is 27.2 Å². The van der Waals surface area contributed by atoms with E-state index in [9.17, 15) is 0 Å². The molecule has 1 saturated carbocycles. The maximum Gasteiger partial charge on any atom is 0.0431 e. The third-order valence-corrected chi connectivity index (χ3v) is 4.88. The highest BCUT2D eigenvalue weighted by atomic mass is 16.2. The zero-order valence-electron chi connectivity index (χ0n) is 13.2. The summed E-state index contributed by atoms with van der Waals surface area (Å²) in [5, 5.41) is 12.5. The van der Waals surface area contributed by atoms with Crippen molar-refractivity contribution in [3.63, 3.8) is 0 Å². The molecule has 2 unspecified atom stereocenters. The Morgan fingerprint density at radius 2 is 1.95 bits per heavy atom. The number of nitrogens with two attached hydrogens (primary N) is 1. The third-order valence-electron chi connectivity index (χ3n) is 4.88. The Morgan fingerprint density at radius 1 is 1.21 bits per heavy atom. The zero-order valence-corrected chi connectivity index (χ0v) is 13.2. The van der Waals surface area contributed by atoms with Crippen molar-refractivity contribution in [3.05, 3.63) is 0 Å². The average Bonchev–Trinajstić information content (AvgIpc) is 2.57. The second kappa shape index (κ2) is 7.61. The molecule has 0 aliphatic heterocycles. The summed E-state index contributed by atoms with van der Waals surface area (Å²) in [7, 11) is 0. The van der Waals surface area contributed by atoms with Gasteiger partial charge in [0, 0.05) is 18.7 Å². The Balaban J connectivity index is 2.50. The van der Waals surface area contributed by atoms with Gasteiger partial charge in [0.25, 0.3) is 0 Å². The fourth-order valence-electron chi connectivity index (χ4n) is 3.32. The Labute approximate surface area is 119 Å². The Bertz CT molecular complexity index is 250. The summed E-state index contributed by atoms with van der Waals surface area (Å²) >= 11 is 0. The molecule has 1 aliphatic carbocycles. The first kappa shape index (κ1) is 16.9. The summed E-state index contributed by atoms with van der Waals surface area (Å²) in [5.74, 6) is 0.820. The maximum absolute atomic E-state index is 8.84. The first-order valence-electron chi connectivity index (χ1n) is 7.99. The summed E-state index contributed by atoms with van der Waals surface area (Å²) in [6, 6.07) is 0. The van der Waals surface area contributed by atoms with Crippen molar-refractivity contribution in [2.45, 2.75) is 71.3 Å². The lowest BCUT2D eigenvalue weighted by atomic mass is 9.76. The normalized spacial score (nSPS) is 29.2. The number of nitrogens with one attached hydrogen (secondary N) is 1. The van der Waals surface area contributed by atoms with Gasteiger partial charge >= 0.3 is 0 Å². The molecule has 0 aromatic rings. The monoisotopic (exact) mass is 270 g/mol.